The summed E-state index contributed by atoms with van der Waals surface area (Å²) in [5, 5.41) is 10.0. The number of nitrogens with two attached hydrogens (primary N) is 1. The number of sulfonamides is 1. The molecule has 212 valence electrons. The zero-order chi connectivity index (χ0) is 29.4. The van der Waals surface area contributed by atoms with E-state index >= 15 is 0 Å². The van der Waals surface area contributed by atoms with Gasteiger partial charge in [0.1, 0.15) is 0 Å². The summed E-state index contributed by atoms with van der Waals surface area (Å²) in [6, 6.07) is 21.2. The van der Waals surface area contributed by atoms with Crippen molar-refractivity contribution < 1.29 is 13.2 Å². The fourth-order valence-corrected chi connectivity index (χ4v) is 5.23. The van der Waals surface area contributed by atoms with Crippen LogP contribution in [0, 0.1) is 0 Å². The monoisotopic (exact) mass is 590 g/mol. The molecule has 1 aromatic heterocycles. The maximum absolute atomic E-state index is 13.3. The Morgan fingerprint density at radius 1 is 1.07 bits per heavy atom. The summed E-state index contributed by atoms with van der Waals surface area (Å²) in [4.78, 5) is 32.4. The van der Waals surface area contributed by atoms with Gasteiger partial charge in [-0.05, 0) is 60.0 Å². The lowest BCUT2D eigenvalue weighted by molar-refractivity contribution is -0.118. The van der Waals surface area contributed by atoms with Crippen LogP contribution in [0.3, 0.4) is 0 Å². The number of allylic oxidation sites excluding steroid dienone is 1. The first kappa shape index (κ1) is 29.7. The number of thioether (sulfide) groups is 1. The number of aromatic nitrogens is 2. The first-order valence-corrected chi connectivity index (χ1v) is 15.1. The minimum atomic E-state index is -3.79. The van der Waals surface area contributed by atoms with Gasteiger partial charge < -0.3 is 4.90 Å². The van der Waals surface area contributed by atoms with E-state index in [0.717, 1.165) is 28.6 Å². The third-order valence-electron chi connectivity index (χ3n) is 6.08. The third-order valence-corrected chi connectivity index (χ3v) is 7.99. The number of aryl methyl sites for hydroxylation is 1. The quantitative estimate of drug-likeness (QED) is 0.118. The summed E-state index contributed by atoms with van der Waals surface area (Å²) in [7, 11) is 0.172. The van der Waals surface area contributed by atoms with Crippen LogP contribution < -0.4 is 21.0 Å². The van der Waals surface area contributed by atoms with Gasteiger partial charge in [0.25, 0.3) is 11.5 Å². The van der Waals surface area contributed by atoms with Crippen LogP contribution in [0.2, 0.25) is 0 Å². The third kappa shape index (κ3) is 8.13. The second kappa shape index (κ2) is 13.4. The Morgan fingerprint density at radius 3 is 2.46 bits per heavy atom. The average Bonchev–Trinajstić information content (AvgIpc) is 2.95. The smallest absolute Gasteiger partial charge is 0.262 e. The van der Waals surface area contributed by atoms with E-state index in [0.29, 0.717) is 22.5 Å². The molecule has 0 aliphatic rings. The Labute approximate surface area is 242 Å². The SMILES string of the molecule is CN(C)c1ccc(/C=C/C=N/NC(=O)CSc2nc3ccccc3c(=O)n2CCc2ccc(S(N)(=O)=O)cc2)cc1. The van der Waals surface area contributed by atoms with E-state index in [1.54, 1.807) is 42.5 Å². The van der Waals surface area contributed by atoms with Gasteiger partial charge in [0.05, 0.1) is 21.6 Å². The predicted molar refractivity (Wildman–Crippen MR) is 165 cm³/mol. The number of anilines is 1. The Bertz CT molecular complexity index is 1750. The fraction of sp³-hybridized carbons (Fsp3) is 0.172. The number of carbonyl (C=O) groups is 1. The van der Waals surface area contributed by atoms with Gasteiger partial charge in [0.2, 0.25) is 10.0 Å². The Balaban J connectivity index is 1.40. The van der Waals surface area contributed by atoms with Crippen LogP contribution in [0.4, 0.5) is 5.69 Å². The number of carbonyl (C=O) groups excluding carboxylic acids is 1. The standard InChI is InChI=1S/C29H30N6O4S2/c1-34(2)23-13-9-21(10-14-23)6-5-18-31-33-27(36)20-40-29-32-26-8-4-3-7-25(26)28(37)35(29)19-17-22-11-15-24(16-12-22)41(30,38)39/h3-16,18H,17,19-20H2,1-2H3,(H,33,36)(H2,30,38,39)/b6-5+,31-18+. The fourth-order valence-electron chi connectivity index (χ4n) is 3.89. The number of nitrogens with zero attached hydrogens (tertiary/aromatic N) is 4. The van der Waals surface area contributed by atoms with Gasteiger partial charge in [-0.15, -0.1) is 0 Å². The van der Waals surface area contributed by atoms with Crippen LogP contribution in [0.1, 0.15) is 11.1 Å². The number of amides is 1. The van der Waals surface area contributed by atoms with E-state index in [1.807, 2.05) is 49.3 Å². The Kier molecular flexibility index (Phi) is 9.71. The normalized spacial score (nSPS) is 11.9. The molecule has 0 radical (unpaired) electrons. The summed E-state index contributed by atoms with van der Waals surface area (Å²) in [5.74, 6) is -0.344. The maximum atomic E-state index is 13.3. The molecule has 4 aromatic rings. The van der Waals surface area contributed by atoms with Crippen LogP contribution in [0.5, 0.6) is 0 Å². The molecule has 12 heteroatoms. The zero-order valence-electron chi connectivity index (χ0n) is 22.6. The lowest BCUT2D eigenvalue weighted by Crippen LogP contribution is -2.26. The lowest BCUT2D eigenvalue weighted by atomic mass is 10.1. The number of fused-ring (bicyclic) bond motifs is 1. The maximum Gasteiger partial charge on any atom is 0.262 e. The second-order valence-corrected chi connectivity index (χ2v) is 11.8. The molecule has 4 rings (SSSR count). The van der Waals surface area contributed by atoms with Crippen molar-refractivity contribution in [2.45, 2.75) is 23.0 Å². The van der Waals surface area contributed by atoms with Crippen molar-refractivity contribution in [3.8, 4) is 0 Å². The van der Waals surface area contributed by atoms with E-state index < -0.39 is 10.0 Å². The highest BCUT2D eigenvalue weighted by Gasteiger charge is 2.14. The van der Waals surface area contributed by atoms with E-state index in [1.165, 1.54) is 22.9 Å². The van der Waals surface area contributed by atoms with Gasteiger partial charge in [-0.25, -0.2) is 24.0 Å². The van der Waals surface area contributed by atoms with Crippen molar-refractivity contribution in [1.29, 1.82) is 0 Å². The number of para-hydroxylation sites is 1. The molecular weight excluding hydrogens is 560 g/mol. The molecule has 0 saturated heterocycles. The molecule has 10 nitrogen and oxygen atoms in total. The second-order valence-electron chi connectivity index (χ2n) is 9.25. The van der Waals surface area contributed by atoms with Gasteiger partial charge >= 0.3 is 0 Å². The van der Waals surface area contributed by atoms with Crippen LogP contribution in [0.15, 0.2) is 98.8 Å². The van der Waals surface area contributed by atoms with Gasteiger partial charge in [-0.1, -0.05) is 54.2 Å². The molecule has 0 aliphatic carbocycles. The average molecular weight is 591 g/mol. The van der Waals surface area contributed by atoms with E-state index in [9.17, 15) is 18.0 Å². The molecule has 0 bridgehead atoms. The molecule has 1 amide bonds. The topological polar surface area (TPSA) is 140 Å². The van der Waals surface area contributed by atoms with Crippen LogP contribution in [-0.4, -0.2) is 49.9 Å². The van der Waals surface area contributed by atoms with E-state index in [2.05, 4.69) is 15.5 Å². The molecule has 0 atom stereocenters. The number of hydrogen-bond donors (Lipinski definition) is 2. The zero-order valence-corrected chi connectivity index (χ0v) is 24.2. The van der Waals surface area contributed by atoms with Crippen molar-refractivity contribution in [1.82, 2.24) is 15.0 Å². The number of primary sulfonamides is 1. The summed E-state index contributed by atoms with van der Waals surface area (Å²) >= 11 is 1.14. The number of hydrazone groups is 1. The number of rotatable bonds is 11. The summed E-state index contributed by atoms with van der Waals surface area (Å²) in [5.41, 5.74) is 5.73. The molecule has 0 unspecified atom stereocenters. The minimum absolute atomic E-state index is 0.000882. The lowest BCUT2D eigenvalue weighted by Gasteiger charge is -2.13. The largest absolute Gasteiger partial charge is 0.378 e. The van der Waals surface area contributed by atoms with Gasteiger partial charge in [-0.3, -0.25) is 14.2 Å². The number of hydrogen-bond acceptors (Lipinski definition) is 8. The first-order valence-electron chi connectivity index (χ1n) is 12.6. The highest BCUT2D eigenvalue weighted by molar-refractivity contribution is 7.99. The Hall–Kier alpha value is -4.26. The predicted octanol–water partition coefficient (Wildman–Crippen LogP) is 3.26. The van der Waals surface area contributed by atoms with Gasteiger partial charge in [-0.2, -0.15) is 5.10 Å². The molecule has 41 heavy (non-hydrogen) atoms. The van der Waals surface area contributed by atoms with E-state index in [4.69, 9.17) is 5.14 Å². The van der Waals surface area contributed by atoms with Gasteiger partial charge in [0.15, 0.2) is 5.16 Å². The molecule has 0 fully saturated rings. The molecule has 1 heterocycles. The van der Waals surface area contributed by atoms with Crippen molar-refractivity contribution in [2.24, 2.45) is 10.2 Å². The molecule has 3 N–H and O–H groups in total. The number of benzene rings is 3. The molecule has 0 saturated carbocycles. The molecule has 0 spiro atoms. The summed E-state index contributed by atoms with van der Waals surface area (Å²) in [6.45, 7) is 0.286. The van der Waals surface area contributed by atoms with Crippen LogP contribution in [-0.2, 0) is 27.8 Å². The van der Waals surface area contributed by atoms with Crippen molar-refractivity contribution in [2.75, 3.05) is 24.7 Å². The van der Waals surface area contributed by atoms with Crippen molar-refractivity contribution >= 4 is 56.6 Å². The molecule has 3 aromatic carbocycles. The van der Waals surface area contributed by atoms with Gasteiger partial charge in [0, 0.05) is 32.5 Å². The van der Waals surface area contributed by atoms with Crippen molar-refractivity contribution in [3.63, 3.8) is 0 Å². The first-order chi connectivity index (χ1) is 19.6. The van der Waals surface area contributed by atoms with E-state index in [-0.39, 0.29) is 28.7 Å². The van der Waals surface area contributed by atoms with Crippen LogP contribution in [0.25, 0.3) is 17.0 Å². The minimum Gasteiger partial charge on any atom is -0.378 e. The number of nitrogens with one attached hydrogen (secondary N) is 1. The highest BCUT2D eigenvalue weighted by Crippen LogP contribution is 2.19. The summed E-state index contributed by atoms with van der Waals surface area (Å²) in [6.07, 6.45) is 5.55. The molecule has 0 aliphatic heterocycles. The summed E-state index contributed by atoms with van der Waals surface area (Å²) < 4.78 is 24.6. The Morgan fingerprint density at radius 2 is 1.78 bits per heavy atom. The molecular formula is C29H30N6O4S2. The van der Waals surface area contributed by atoms with Crippen LogP contribution >= 0.6 is 11.8 Å². The highest BCUT2D eigenvalue weighted by atomic mass is 32.2. The van der Waals surface area contributed by atoms with Crippen molar-refractivity contribution in [3.05, 3.63) is 100 Å².